The van der Waals surface area contributed by atoms with Gasteiger partial charge in [0.15, 0.2) is 0 Å². The quantitative estimate of drug-likeness (QED) is 0.424. The number of aliphatic carboxylic acids is 1. The zero-order chi connectivity index (χ0) is 16.8. The van der Waals surface area contributed by atoms with Crippen molar-refractivity contribution < 1.29 is 19.4 Å². The van der Waals surface area contributed by atoms with Crippen molar-refractivity contribution in [3.8, 4) is 5.75 Å². The summed E-state index contributed by atoms with van der Waals surface area (Å²) in [5.74, 6) is -0.969. The molecule has 0 aromatic heterocycles. The maximum atomic E-state index is 12.1. The minimum absolute atomic E-state index is 0.227. The first-order valence-corrected chi connectivity index (χ1v) is 8.42. The van der Waals surface area contributed by atoms with Gasteiger partial charge in [0, 0.05) is 0 Å². The summed E-state index contributed by atoms with van der Waals surface area (Å²) in [7, 11) is 0. The highest BCUT2D eigenvalue weighted by Gasteiger charge is 2.31. The van der Waals surface area contributed by atoms with Crippen LogP contribution in [-0.4, -0.2) is 34.2 Å². The zero-order valence-corrected chi connectivity index (χ0v) is 14.2. The Morgan fingerprint density at radius 1 is 1.39 bits per heavy atom. The first-order valence-electron chi connectivity index (χ1n) is 7.19. The molecule has 1 fully saturated rings. The van der Waals surface area contributed by atoms with Gasteiger partial charge >= 0.3 is 0 Å². The molecule has 23 heavy (non-hydrogen) atoms. The number of thiocarbonyl (C=S) groups is 1. The highest BCUT2D eigenvalue weighted by Crippen LogP contribution is 2.32. The second-order valence-corrected chi connectivity index (χ2v) is 6.59. The number of rotatable bonds is 7. The molecule has 122 valence electrons. The van der Waals surface area contributed by atoms with Crippen molar-refractivity contribution in [1.82, 2.24) is 4.90 Å². The van der Waals surface area contributed by atoms with E-state index in [0.29, 0.717) is 11.5 Å². The van der Waals surface area contributed by atoms with Gasteiger partial charge in [0.2, 0.25) is 0 Å². The molecule has 1 aliphatic heterocycles. The van der Waals surface area contributed by atoms with E-state index in [0.717, 1.165) is 40.8 Å². The summed E-state index contributed by atoms with van der Waals surface area (Å²) in [5.41, 5.74) is 0.821. The molecule has 1 saturated heterocycles. The first-order chi connectivity index (χ1) is 11.0. The molecule has 0 atom stereocenters. The van der Waals surface area contributed by atoms with Gasteiger partial charge in [-0.25, -0.2) is 0 Å². The second-order valence-electron chi connectivity index (χ2n) is 4.91. The molecule has 1 aromatic rings. The maximum absolute atomic E-state index is 12.1. The SMILES string of the molecule is CCCCOc1ccc(C=C2SC(=S)N(CC(=O)[O-])C2=O)cc1. The van der Waals surface area contributed by atoms with E-state index in [-0.39, 0.29) is 4.32 Å². The van der Waals surface area contributed by atoms with Crippen LogP contribution in [0.3, 0.4) is 0 Å². The van der Waals surface area contributed by atoms with Crippen molar-refractivity contribution >= 4 is 46.3 Å². The minimum Gasteiger partial charge on any atom is -0.548 e. The predicted molar refractivity (Wildman–Crippen MR) is 91.7 cm³/mol. The zero-order valence-electron chi connectivity index (χ0n) is 12.6. The molecule has 2 rings (SSSR count). The molecular formula is C16H16NO4S2-. The Morgan fingerprint density at radius 2 is 2.09 bits per heavy atom. The molecular weight excluding hydrogens is 334 g/mol. The highest BCUT2D eigenvalue weighted by atomic mass is 32.2. The summed E-state index contributed by atoms with van der Waals surface area (Å²) in [5, 5.41) is 10.6. The largest absolute Gasteiger partial charge is 0.548 e. The minimum atomic E-state index is -1.34. The molecule has 1 heterocycles. The second kappa shape index (κ2) is 8.12. The van der Waals surface area contributed by atoms with Gasteiger partial charge in [-0.15, -0.1) is 0 Å². The molecule has 0 bridgehead atoms. The van der Waals surface area contributed by atoms with E-state index in [9.17, 15) is 14.7 Å². The van der Waals surface area contributed by atoms with Crippen LogP contribution in [0.25, 0.3) is 6.08 Å². The third-order valence-corrected chi connectivity index (χ3v) is 4.48. The number of hydrogen-bond acceptors (Lipinski definition) is 6. The van der Waals surface area contributed by atoms with Gasteiger partial charge in [-0.2, -0.15) is 0 Å². The molecule has 0 unspecified atom stereocenters. The molecule has 1 amide bonds. The summed E-state index contributed by atoms with van der Waals surface area (Å²) < 4.78 is 5.80. The van der Waals surface area contributed by atoms with Crippen LogP contribution in [-0.2, 0) is 9.59 Å². The Kier molecular flexibility index (Phi) is 6.18. The third kappa shape index (κ3) is 4.80. The highest BCUT2D eigenvalue weighted by molar-refractivity contribution is 8.26. The average Bonchev–Trinajstić information content (AvgIpc) is 2.76. The number of nitrogens with zero attached hydrogens (tertiary/aromatic N) is 1. The van der Waals surface area contributed by atoms with E-state index >= 15 is 0 Å². The lowest BCUT2D eigenvalue weighted by atomic mass is 10.2. The molecule has 1 aromatic carbocycles. The van der Waals surface area contributed by atoms with Crippen LogP contribution in [0.4, 0.5) is 0 Å². The van der Waals surface area contributed by atoms with Gasteiger partial charge < -0.3 is 14.6 Å². The van der Waals surface area contributed by atoms with Crippen molar-refractivity contribution in [2.24, 2.45) is 0 Å². The van der Waals surface area contributed by atoms with Gasteiger partial charge in [0.05, 0.1) is 24.0 Å². The standard InChI is InChI=1S/C16H17NO4S2/c1-2-3-8-21-12-6-4-11(5-7-12)9-13-15(20)17(10-14(18)19)16(22)23-13/h4-7,9H,2-3,8,10H2,1H3,(H,18,19)/p-1. The topological polar surface area (TPSA) is 69.7 Å². The number of amides is 1. The average molecular weight is 350 g/mol. The normalized spacial score (nSPS) is 16.2. The van der Waals surface area contributed by atoms with E-state index in [1.54, 1.807) is 6.08 Å². The van der Waals surface area contributed by atoms with E-state index < -0.39 is 18.4 Å². The number of carbonyl (C=O) groups is 2. The fourth-order valence-corrected chi connectivity index (χ4v) is 3.17. The van der Waals surface area contributed by atoms with Gasteiger partial charge in [0.1, 0.15) is 10.1 Å². The predicted octanol–water partition coefficient (Wildman–Crippen LogP) is 1.82. The number of hydrogen-bond donors (Lipinski definition) is 0. The van der Waals surface area contributed by atoms with Gasteiger partial charge in [0.25, 0.3) is 5.91 Å². The lowest BCUT2D eigenvalue weighted by molar-refractivity contribution is -0.305. The van der Waals surface area contributed by atoms with E-state index in [1.807, 2.05) is 24.3 Å². The van der Waals surface area contributed by atoms with Crippen molar-refractivity contribution in [3.63, 3.8) is 0 Å². The number of thioether (sulfide) groups is 1. The Labute approximate surface area is 144 Å². The summed E-state index contributed by atoms with van der Waals surface area (Å²) in [4.78, 5) is 24.2. The van der Waals surface area contributed by atoms with Crippen LogP contribution < -0.4 is 9.84 Å². The monoisotopic (exact) mass is 350 g/mol. The van der Waals surface area contributed by atoms with Gasteiger partial charge in [-0.1, -0.05) is 49.5 Å². The molecule has 0 radical (unpaired) electrons. The number of carbonyl (C=O) groups excluding carboxylic acids is 2. The van der Waals surface area contributed by atoms with Crippen molar-refractivity contribution in [1.29, 1.82) is 0 Å². The van der Waals surface area contributed by atoms with Crippen LogP contribution in [0, 0.1) is 0 Å². The van der Waals surface area contributed by atoms with Crippen LogP contribution in [0.5, 0.6) is 5.75 Å². The summed E-state index contributed by atoms with van der Waals surface area (Å²) >= 11 is 6.11. The maximum Gasteiger partial charge on any atom is 0.266 e. The molecule has 1 aliphatic rings. The van der Waals surface area contributed by atoms with Crippen LogP contribution in [0.15, 0.2) is 29.2 Å². The number of carboxylic acids is 1. The van der Waals surface area contributed by atoms with Crippen LogP contribution >= 0.6 is 24.0 Å². The lowest BCUT2D eigenvalue weighted by Gasteiger charge is -2.14. The third-order valence-electron chi connectivity index (χ3n) is 3.11. The summed E-state index contributed by atoms with van der Waals surface area (Å²) in [6, 6.07) is 7.35. The van der Waals surface area contributed by atoms with E-state index in [1.165, 1.54) is 0 Å². The van der Waals surface area contributed by atoms with E-state index in [2.05, 4.69) is 6.92 Å². The lowest BCUT2D eigenvalue weighted by Crippen LogP contribution is -2.40. The van der Waals surface area contributed by atoms with Gasteiger partial charge in [-0.3, -0.25) is 9.69 Å². The number of benzene rings is 1. The molecule has 7 heteroatoms. The fraction of sp³-hybridized carbons (Fsp3) is 0.312. The molecule has 0 saturated carbocycles. The van der Waals surface area contributed by atoms with Crippen molar-refractivity contribution in [2.75, 3.05) is 13.2 Å². The Morgan fingerprint density at radius 3 is 2.70 bits per heavy atom. The first kappa shape index (κ1) is 17.5. The smallest absolute Gasteiger partial charge is 0.266 e. The van der Waals surface area contributed by atoms with Crippen LogP contribution in [0.1, 0.15) is 25.3 Å². The van der Waals surface area contributed by atoms with Crippen LogP contribution in [0.2, 0.25) is 0 Å². The molecule has 0 spiro atoms. The Balaban J connectivity index is 2.05. The number of carboxylic acid groups (broad SMARTS) is 1. The van der Waals surface area contributed by atoms with E-state index in [4.69, 9.17) is 17.0 Å². The number of unbranched alkanes of at least 4 members (excludes halogenated alkanes) is 1. The Bertz CT molecular complexity index is 640. The molecule has 0 aliphatic carbocycles. The Hall–Kier alpha value is -1.86. The summed E-state index contributed by atoms with van der Waals surface area (Å²) in [6.07, 6.45) is 3.76. The van der Waals surface area contributed by atoms with Crippen molar-refractivity contribution in [3.05, 3.63) is 34.7 Å². The molecule has 0 N–H and O–H groups in total. The summed E-state index contributed by atoms with van der Waals surface area (Å²) in [6.45, 7) is 2.26. The van der Waals surface area contributed by atoms with Gasteiger partial charge in [-0.05, 0) is 30.2 Å². The van der Waals surface area contributed by atoms with Crippen molar-refractivity contribution in [2.45, 2.75) is 19.8 Å². The molecule has 5 nitrogen and oxygen atoms in total. The number of ether oxygens (including phenoxy) is 1. The fourth-order valence-electron chi connectivity index (χ4n) is 1.91.